The lowest BCUT2D eigenvalue weighted by molar-refractivity contribution is -0.130. The average Bonchev–Trinajstić information content (AvgIpc) is 2.77. The van der Waals surface area contributed by atoms with E-state index >= 15 is 0 Å². The number of nitrogens with one attached hydrogen (secondary N) is 2. The van der Waals surface area contributed by atoms with Crippen LogP contribution in [0.4, 0.5) is 0 Å². The second-order valence-electron chi connectivity index (χ2n) is 6.81. The van der Waals surface area contributed by atoms with E-state index in [0.29, 0.717) is 38.6 Å². The summed E-state index contributed by atoms with van der Waals surface area (Å²) in [6.07, 6.45) is 2.12. The molecule has 2 N–H and O–H groups in total. The summed E-state index contributed by atoms with van der Waals surface area (Å²) in [5.74, 6) is 1.56. The van der Waals surface area contributed by atoms with Gasteiger partial charge in [-0.15, -0.1) is 0 Å². The maximum absolute atomic E-state index is 12.4. The molecule has 6 heteroatoms. The van der Waals surface area contributed by atoms with Crippen molar-refractivity contribution in [1.29, 1.82) is 0 Å². The van der Waals surface area contributed by atoms with E-state index < -0.39 is 0 Å². The molecule has 0 radical (unpaired) electrons. The zero-order valence-electron chi connectivity index (χ0n) is 17.9. The number of rotatable bonds is 11. The van der Waals surface area contributed by atoms with Crippen molar-refractivity contribution in [3.05, 3.63) is 78.4 Å². The van der Waals surface area contributed by atoms with E-state index in [9.17, 15) is 4.79 Å². The largest absolute Gasteiger partial charge is 0.489 e. The lowest BCUT2D eigenvalue weighted by Gasteiger charge is -2.18. The standard InChI is InChI=1S/C24H32N4O2/c1-4-17-30-22-14-10-9-13-21(22)18-27-24(25-5-2)26-16-15-23(29)28(3)19-20-11-7-6-8-12-20/h4,6-14H,1,5,15-19H2,2-3H3,(H2,25,26,27). The molecule has 0 saturated carbocycles. The third kappa shape index (κ3) is 7.99. The molecule has 1 amide bonds. The van der Waals surface area contributed by atoms with E-state index in [1.54, 1.807) is 11.0 Å². The summed E-state index contributed by atoms with van der Waals surface area (Å²) in [6, 6.07) is 17.8. The van der Waals surface area contributed by atoms with E-state index in [1.807, 2.05) is 68.6 Å². The fourth-order valence-corrected chi connectivity index (χ4v) is 2.85. The number of benzene rings is 2. The van der Waals surface area contributed by atoms with Gasteiger partial charge in [0.25, 0.3) is 0 Å². The van der Waals surface area contributed by atoms with Crippen LogP contribution in [0.2, 0.25) is 0 Å². The number of carbonyl (C=O) groups is 1. The Hall–Kier alpha value is -3.28. The van der Waals surface area contributed by atoms with Crippen molar-refractivity contribution >= 4 is 11.9 Å². The van der Waals surface area contributed by atoms with E-state index in [0.717, 1.165) is 23.4 Å². The van der Waals surface area contributed by atoms with Gasteiger partial charge in [-0.1, -0.05) is 61.2 Å². The Morgan fingerprint density at radius 1 is 1.13 bits per heavy atom. The SMILES string of the molecule is C=CCOc1ccccc1CN=C(NCC)NCCC(=O)N(C)Cc1ccccc1. The van der Waals surface area contributed by atoms with Crippen LogP contribution in [0.25, 0.3) is 0 Å². The first kappa shape index (κ1) is 23.0. The minimum atomic E-state index is 0.0883. The van der Waals surface area contributed by atoms with E-state index in [4.69, 9.17) is 4.74 Å². The van der Waals surface area contributed by atoms with Gasteiger partial charge in [-0.05, 0) is 18.6 Å². The van der Waals surface area contributed by atoms with Crippen LogP contribution >= 0.6 is 0 Å². The number of guanidine groups is 1. The molecule has 2 rings (SSSR count). The molecule has 2 aromatic rings. The van der Waals surface area contributed by atoms with Crippen molar-refractivity contribution in [3.8, 4) is 5.75 Å². The summed E-state index contributed by atoms with van der Waals surface area (Å²) in [5, 5.41) is 6.45. The van der Waals surface area contributed by atoms with E-state index in [2.05, 4.69) is 22.2 Å². The lowest BCUT2D eigenvalue weighted by Crippen LogP contribution is -2.39. The molecule has 0 spiro atoms. The van der Waals surface area contributed by atoms with Gasteiger partial charge in [-0.3, -0.25) is 4.79 Å². The number of para-hydroxylation sites is 1. The number of aliphatic imine (C=N–C) groups is 1. The van der Waals surface area contributed by atoms with Crippen LogP contribution in [0.5, 0.6) is 5.75 Å². The Morgan fingerprint density at radius 2 is 1.87 bits per heavy atom. The average molecular weight is 409 g/mol. The Kier molecular flexibility index (Phi) is 10.00. The van der Waals surface area contributed by atoms with Gasteiger partial charge in [-0.2, -0.15) is 0 Å². The quantitative estimate of drug-likeness (QED) is 0.340. The number of amides is 1. The van der Waals surface area contributed by atoms with E-state index in [1.165, 1.54) is 0 Å². The Morgan fingerprint density at radius 3 is 2.60 bits per heavy atom. The number of carbonyl (C=O) groups excluding carboxylic acids is 1. The first-order valence-corrected chi connectivity index (χ1v) is 10.3. The normalized spacial score (nSPS) is 10.9. The highest BCUT2D eigenvalue weighted by molar-refractivity contribution is 5.81. The van der Waals surface area contributed by atoms with Crippen LogP contribution in [-0.4, -0.2) is 43.5 Å². The van der Waals surface area contributed by atoms with E-state index in [-0.39, 0.29) is 5.91 Å². The van der Waals surface area contributed by atoms with Gasteiger partial charge in [0.05, 0.1) is 6.54 Å². The summed E-state index contributed by atoms with van der Waals surface area (Å²) in [6.45, 7) is 8.48. The maximum atomic E-state index is 12.4. The van der Waals surface area contributed by atoms with Gasteiger partial charge < -0.3 is 20.3 Å². The van der Waals surface area contributed by atoms with Gasteiger partial charge in [0.2, 0.25) is 5.91 Å². The Bertz CT molecular complexity index is 821. The second-order valence-corrected chi connectivity index (χ2v) is 6.81. The summed E-state index contributed by atoms with van der Waals surface area (Å²) in [7, 11) is 1.83. The summed E-state index contributed by atoms with van der Waals surface area (Å²) in [5.41, 5.74) is 2.11. The molecule has 0 aliphatic heterocycles. The number of nitrogens with zero attached hydrogens (tertiary/aromatic N) is 2. The minimum absolute atomic E-state index is 0.0883. The summed E-state index contributed by atoms with van der Waals surface area (Å²) >= 11 is 0. The summed E-state index contributed by atoms with van der Waals surface area (Å²) in [4.78, 5) is 18.8. The Labute approximate surface area is 179 Å². The molecule has 0 fully saturated rings. The molecule has 160 valence electrons. The zero-order chi connectivity index (χ0) is 21.6. The van der Waals surface area contributed by atoms with Gasteiger partial charge in [0.1, 0.15) is 12.4 Å². The molecule has 0 saturated heterocycles. The molecule has 0 aliphatic carbocycles. The lowest BCUT2D eigenvalue weighted by atomic mass is 10.2. The zero-order valence-corrected chi connectivity index (χ0v) is 17.9. The molecule has 0 aromatic heterocycles. The van der Waals surface area contributed by atoms with Gasteiger partial charge in [0.15, 0.2) is 5.96 Å². The first-order valence-electron chi connectivity index (χ1n) is 10.3. The van der Waals surface area contributed by atoms with Crippen molar-refractivity contribution in [2.75, 3.05) is 26.7 Å². The predicted molar refractivity (Wildman–Crippen MR) is 122 cm³/mol. The van der Waals surface area contributed by atoms with Crippen molar-refractivity contribution in [1.82, 2.24) is 15.5 Å². The molecule has 0 aliphatic rings. The van der Waals surface area contributed by atoms with Crippen LogP contribution in [0.1, 0.15) is 24.5 Å². The highest BCUT2D eigenvalue weighted by Gasteiger charge is 2.09. The highest BCUT2D eigenvalue weighted by Crippen LogP contribution is 2.18. The Balaban J connectivity index is 1.86. The molecule has 6 nitrogen and oxygen atoms in total. The topological polar surface area (TPSA) is 66.0 Å². The highest BCUT2D eigenvalue weighted by atomic mass is 16.5. The number of hydrogen-bond acceptors (Lipinski definition) is 3. The smallest absolute Gasteiger partial charge is 0.224 e. The third-order valence-corrected chi connectivity index (χ3v) is 4.40. The minimum Gasteiger partial charge on any atom is -0.489 e. The molecular formula is C24H32N4O2. The van der Waals surface area contributed by atoms with Crippen molar-refractivity contribution in [3.63, 3.8) is 0 Å². The third-order valence-electron chi connectivity index (χ3n) is 4.40. The summed E-state index contributed by atoms with van der Waals surface area (Å²) < 4.78 is 5.69. The maximum Gasteiger partial charge on any atom is 0.224 e. The molecule has 30 heavy (non-hydrogen) atoms. The molecule has 0 unspecified atom stereocenters. The molecule has 0 bridgehead atoms. The molecule has 0 heterocycles. The van der Waals surface area contributed by atoms with Gasteiger partial charge in [-0.25, -0.2) is 4.99 Å². The molecule has 0 atom stereocenters. The second kappa shape index (κ2) is 13.0. The first-order chi connectivity index (χ1) is 14.6. The fourth-order valence-electron chi connectivity index (χ4n) is 2.85. The monoisotopic (exact) mass is 408 g/mol. The van der Waals surface area contributed by atoms with Crippen LogP contribution in [-0.2, 0) is 17.9 Å². The number of hydrogen-bond donors (Lipinski definition) is 2. The predicted octanol–water partition coefficient (Wildman–Crippen LogP) is 3.36. The van der Waals surface area contributed by atoms with Crippen LogP contribution < -0.4 is 15.4 Å². The van der Waals surface area contributed by atoms with Crippen molar-refractivity contribution in [2.45, 2.75) is 26.4 Å². The van der Waals surface area contributed by atoms with Crippen molar-refractivity contribution in [2.24, 2.45) is 4.99 Å². The van der Waals surface area contributed by atoms with Crippen LogP contribution in [0.3, 0.4) is 0 Å². The van der Waals surface area contributed by atoms with Gasteiger partial charge in [0, 0.05) is 38.7 Å². The van der Waals surface area contributed by atoms with Crippen molar-refractivity contribution < 1.29 is 9.53 Å². The molecule has 2 aromatic carbocycles. The van der Waals surface area contributed by atoms with Gasteiger partial charge >= 0.3 is 0 Å². The fraction of sp³-hybridized carbons (Fsp3) is 0.333. The van der Waals surface area contributed by atoms with Crippen LogP contribution in [0, 0.1) is 0 Å². The molecular weight excluding hydrogens is 376 g/mol. The number of ether oxygens (including phenoxy) is 1. The van der Waals surface area contributed by atoms with Crippen LogP contribution in [0.15, 0.2) is 72.2 Å².